The number of carbonyl (C=O) groups excluding carboxylic acids is 2. The van der Waals surface area contributed by atoms with Crippen LogP contribution in [0.5, 0.6) is 0 Å². The monoisotopic (exact) mass is 429 g/mol. The van der Waals surface area contributed by atoms with Crippen LogP contribution in [0.25, 0.3) is 0 Å². The molecule has 3 N–H and O–H groups in total. The molecule has 0 bridgehead atoms. The first-order valence-electron chi connectivity index (χ1n) is 8.65. The van der Waals surface area contributed by atoms with Gasteiger partial charge in [0.05, 0.1) is 9.77 Å². The van der Waals surface area contributed by atoms with Crippen molar-refractivity contribution in [2.75, 3.05) is 0 Å². The molecule has 1 heterocycles. The van der Waals surface area contributed by atoms with E-state index in [1.165, 1.54) is 35.6 Å². The van der Waals surface area contributed by atoms with E-state index in [1.54, 1.807) is 18.4 Å². The number of hydrogen-bond donors (Lipinski definition) is 3. The molecule has 0 spiro atoms. The predicted octanol–water partition coefficient (Wildman–Crippen LogP) is 2.61. The second-order valence-corrected chi connectivity index (χ2v) is 8.86. The van der Waals surface area contributed by atoms with E-state index in [9.17, 15) is 18.0 Å². The zero-order valence-electron chi connectivity index (χ0n) is 15.5. The predicted molar refractivity (Wildman–Crippen MR) is 111 cm³/mol. The van der Waals surface area contributed by atoms with Crippen molar-refractivity contribution in [2.24, 2.45) is 0 Å². The van der Waals surface area contributed by atoms with E-state index in [-0.39, 0.29) is 17.0 Å². The molecule has 0 saturated heterocycles. The third-order valence-electron chi connectivity index (χ3n) is 4.07. The molecule has 0 aliphatic heterocycles. The average Bonchev–Trinajstić information content (AvgIpc) is 3.17. The molecule has 0 aliphatic carbocycles. The summed E-state index contributed by atoms with van der Waals surface area (Å²) >= 11 is 1.26. The van der Waals surface area contributed by atoms with E-state index in [2.05, 4.69) is 15.6 Å². The molecule has 0 fully saturated rings. The number of amides is 2. The Hall–Kier alpha value is -3.01. The van der Waals surface area contributed by atoms with E-state index < -0.39 is 21.8 Å². The van der Waals surface area contributed by atoms with Crippen LogP contribution in [0.4, 0.5) is 0 Å². The van der Waals surface area contributed by atoms with Crippen molar-refractivity contribution < 1.29 is 18.0 Å². The first-order chi connectivity index (χ1) is 13.9. The highest BCUT2D eigenvalue weighted by atomic mass is 32.2. The van der Waals surface area contributed by atoms with Crippen LogP contribution >= 0.6 is 11.3 Å². The van der Waals surface area contributed by atoms with Crippen LogP contribution in [0.1, 0.15) is 31.2 Å². The van der Waals surface area contributed by atoms with Crippen LogP contribution in [0.15, 0.2) is 70.9 Å². The number of hydrazine groups is 1. The summed E-state index contributed by atoms with van der Waals surface area (Å²) in [6.07, 6.45) is 0. The van der Waals surface area contributed by atoms with Crippen LogP contribution < -0.4 is 15.6 Å². The van der Waals surface area contributed by atoms with Gasteiger partial charge in [0.25, 0.3) is 11.8 Å². The van der Waals surface area contributed by atoms with Crippen molar-refractivity contribution in [1.82, 2.24) is 15.6 Å². The summed E-state index contributed by atoms with van der Waals surface area (Å²) in [5.41, 5.74) is 6.37. The molecule has 0 radical (unpaired) electrons. The molecule has 2 amide bonds. The summed E-state index contributed by atoms with van der Waals surface area (Å²) in [6.45, 7) is 1.93. The molecule has 7 nitrogen and oxygen atoms in total. The molecule has 3 aromatic rings. The largest absolute Gasteiger partial charge is 0.280 e. The number of thiophene rings is 1. The molecular formula is C20H19N3O4S2. The number of rotatable bonds is 6. The zero-order chi connectivity index (χ0) is 20.9. The van der Waals surface area contributed by atoms with E-state index >= 15 is 0 Å². The van der Waals surface area contributed by atoms with Gasteiger partial charge in [0.2, 0.25) is 10.0 Å². The Morgan fingerprint density at radius 3 is 2.34 bits per heavy atom. The smallest absolute Gasteiger partial charge is 0.267 e. The third kappa shape index (κ3) is 5.29. The number of benzene rings is 2. The molecule has 29 heavy (non-hydrogen) atoms. The second-order valence-electron chi connectivity index (χ2n) is 6.18. The van der Waals surface area contributed by atoms with Crippen LogP contribution in [0.2, 0.25) is 0 Å². The van der Waals surface area contributed by atoms with Gasteiger partial charge in [0.1, 0.15) is 0 Å². The van der Waals surface area contributed by atoms with Gasteiger partial charge in [-0.05, 0) is 47.7 Å². The van der Waals surface area contributed by atoms with Gasteiger partial charge in [-0.15, -0.1) is 11.3 Å². The molecule has 3 rings (SSSR count). The van der Waals surface area contributed by atoms with Crippen LogP contribution in [-0.4, -0.2) is 20.2 Å². The average molecular weight is 430 g/mol. The van der Waals surface area contributed by atoms with Crippen molar-refractivity contribution in [3.05, 3.63) is 87.6 Å². The fourth-order valence-electron chi connectivity index (χ4n) is 2.51. The molecule has 0 aliphatic rings. The molecule has 0 atom stereocenters. The Morgan fingerprint density at radius 2 is 1.66 bits per heavy atom. The molecule has 0 saturated carbocycles. The maximum Gasteiger partial charge on any atom is 0.280 e. The fraction of sp³-hybridized carbons (Fsp3) is 0.100. The minimum absolute atomic E-state index is 0.0403. The minimum atomic E-state index is -3.80. The lowest BCUT2D eigenvalue weighted by Gasteiger charge is -2.10. The normalized spacial score (nSPS) is 11.1. The highest BCUT2D eigenvalue weighted by molar-refractivity contribution is 7.89. The van der Waals surface area contributed by atoms with Gasteiger partial charge >= 0.3 is 0 Å². The topological polar surface area (TPSA) is 104 Å². The Kier molecular flexibility index (Phi) is 6.42. The summed E-state index contributed by atoms with van der Waals surface area (Å²) in [5.74, 6) is -1.05. The standard InChI is InChI=1S/C20H19N3O4S2/c1-14-10-11-28-18(14)20(25)23-22-19(24)16-8-5-9-17(12-16)29(26,27)21-13-15-6-3-2-4-7-15/h2-12,21H,13H2,1H3,(H,22,24)(H,23,25). The summed E-state index contributed by atoms with van der Waals surface area (Å²) < 4.78 is 27.6. The molecule has 2 aromatic carbocycles. The van der Waals surface area contributed by atoms with Gasteiger partial charge in [-0.2, -0.15) is 0 Å². The molecule has 150 valence electrons. The molecule has 1 aromatic heterocycles. The molecule has 0 unspecified atom stereocenters. The number of carbonyl (C=O) groups is 2. The van der Waals surface area contributed by atoms with Gasteiger partial charge in [-0.3, -0.25) is 20.4 Å². The summed E-state index contributed by atoms with van der Waals surface area (Å²) in [4.78, 5) is 24.9. The first-order valence-corrected chi connectivity index (χ1v) is 11.0. The summed E-state index contributed by atoms with van der Waals surface area (Å²) in [6, 6.07) is 16.5. The Balaban J connectivity index is 1.65. The number of aryl methyl sites for hydroxylation is 1. The summed E-state index contributed by atoms with van der Waals surface area (Å²) in [5, 5.41) is 1.78. The van der Waals surface area contributed by atoms with Gasteiger partial charge in [0, 0.05) is 12.1 Å². The van der Waals surface area contributed by atoms with Gasteiger partial charge in [-0.25, -0.2) is 13.1 Å². The SMILES string of the molecule is Cc1ccsc1C(=O)NNC(=O)c1cccc(S(=O)(=O)NCc2ccccc2)c1. The lowest BCUT2D eigenvalue weighted by atomic mass is 10.2. The maximum absolute atomic E-state index is 12.5. The Labute approximate surface area is 172 Å². The molecular weight excluding hydrogens is 410 g/mol. The second kappa shape index (κ2) is 8.99. The van der Waals surface area contributed by atoms with Crippen molar-refractivity contribution in [3.63, 3.8) is 0 Å². The lowest BCUT2D eigenvalue weighted by molar-refractivity contribution is 0.0848. The van der Waals surface area contributed by atoms with Gasteiger partial charge < -0.3 is 0 Å². The first kappa shape index (κ1) is 20.7. The van der Waals surface area contributed by atoms with Crippen LogP contribution in [0, 0.1) is 6.92 Å². The lowest BCUT2D eigenvalue weighted by Crippen LogP contribution is -2.41. The van der Waals surface area contributed by atoms with E-state index in [4.69, 9.17) is 0 Å². The van der Waals surface area contributed by atoms with E-state index in [0.29, 0.717) is 4.88 Å². The van der Waals surface area contributed by atoms with Crippen molar-refractivity contribution in [3.8, 4) is 0 Å². The van der Waals surface area contributed by atoms with E-state index in [0.717, 1.165) is 11.1 Å². The third-order valence-corrected chi connectivity index (χ3v) is 6.49. The van der Waals surface area contributed by atoms with Gasteiger partial charge in [-0.1, -0.05) is 36.4 Å². The Bertz CT molecular complexity index is 1130. The van der Waals surface area contributed by atoms with Gasteiger partial charge in [0.15, 0.2) is 0 Å². The molecule has 9 heteroatoms. The van der Waals surface area contributed by atoms with Crippen molar-refractivity contribution >= 4 is 33.2 Å². The quantitative estimate of drug-likeness (QED) is 0.524. The summed E-state index contributed by atoms with van der Waals surface area (Å²) in [7, 11) is -3.80. The number of nitrogens with one attached hydrogen (secondary N) is 3. The Morgan fingerprint density at radius 1 is 0.931 bits per heavy atom. The van der Waals surface area contributed by atoms with Crippen molar-refractivity contribution in [1.29, 1.82) is 0 Å². The van der Waals surface area contributed by atoms with E-state index in [1.807, 2.05) is 30.3 Å². The van der Waals surface area contributed by atoms with Crippen LogP contribution in [-0.2, 0) is 16.6 Å². The fourth-order valence-corrected chi connectivity index (χ4v) is 4.39. The highest BCUT2D eigenvalue weighted by Crippen LogP contribution is 2.15. The number of hydrogen-bond acceptors (Lipinski definition) is 5. The zero-order valence-corrected chi connectivity index (χ0v) is 17.1. The number of sulfonamides is 1. The maximum atomic E-state index is 12.5. The minimum Gasteiger partial charge on any atom is -0.267 e. The highest BCUT2D eigenvalue weighted by Gasteiger charge is 2.17. The van der Waals surface area contributed by atoms with Crippen molar-refractivity contribution in [2.45, 2.75) is 18.4 Å². The van der Waals surface area contributed by atoms with Crippen LogP contribution in [0.3, 0.4) is 0 Å².